The van der Waals surface area contributed by atoms with Crippen LogP contribution in [0, 0.1) is 0 Å². The predicted octanol–water partition coefficient (Wildman–Crippen LogP) is 17.0. The van der Waals surface area contributed by atoms with Crippen LogP contribution in [-0.2, 0) is 5.41 Å². The van der Waals surface area contributed by atoms with E-state index in [1.807, 2.05) is 0 Å². The van der Waals surface area contributed by atoms with E-state index in [2.05, 4.69) is 241 Å². The molecule has 11 aromatic carbocycles. The minimum absolute atomic E-state index is 0.484. The molecule has 0 atom stereocenters. The van der Waals surface area contributed by atoms with Gasteiger partial charge in [0, 0.05) is 22.0 Å². The Hall–Kier alpha value is -8.46. The van der Waals surface area contributed by atoms with Crippen LogP contribution in [0.1, 0.15) is 22.3 Å². The van der Waals surface area contributed by atoms with E-state index in [-0.39, 0.29) is 0 Å². The highest BCUT2D eigenvalue weighted by molar-refractivity contribution is 6.23. The molecule has 14 rings (SSSR count). The zero-order valence-corrected chi connectivity index (χ0v) is 35.4. The maximum atomic E-state index is 7.05. The third-order valence-electron chi connectivity index (χ3n) is 14.3. The maximum absolute atomic E-state index is 7.05. The number of hydrogen-bond acceptors (Lipinski definition) is 2. The van der Waals surface area contributed by atoms with Crippen molar-refractivity contribution in [3.63, 3.8) is 0 Å². The van der Waals surface area contributed by atoms with Crippen molar-refractivity contribution < 1.29 is 4.42 Å². The van der Waals surface area contributed by atoms with E-state index < -0.39 is 5.41 Å². The number of anilines is 3. The van der Waals surface area contributed by atoms with Gasteiger partial charge >= 0.3 is 0 Å². The van der Waals surface area contributed by atoms with E-state index in [4.69, 9.17) is 4.42 Å². The van der Waals surface area contributed by atoms with Gasteiger partial charge in [0.1, 0.15) is 11.2 Å². The van der Waals surface area contributed by atoms with Crippen LogP contribution in [0.25, 0.3) is 88.0 Å². The number of fused-ring (bicyclic) bond motifs is 16. The first-order chi connectivity index (χ1) is 32.3. The Balaban J connectivity index is 1.08. The molecule has 1 aromatic heterocycles. The van der Waals surface area contributed by atoms with Gasteiger partial charge in [-0.1, -0.05) is 194 Å². The molecule has 0 radical (unpaired) electrons. The molecule has 0 unspecified atom stereocenters. The minimum atomic E-state index is -0.484. The second kappa shape index (κ2) is 13.8. The molecular weight excluding hydrogens is 787 g/mol. The topological polar surface area (TPSA) is 16.4 Å². The molecule has 0 fully saturated rings. The van der Waals surface area contributed by atoms with Crippen molar-refractivity contribution in [1.29, 1.82) is 0 Å². The van der Waals surface area contributed by atoms with Crippen molar-refractivity contribution in [1.82, 2.24) is 0 Å². The van der Waals surface area contributed by atoms with E-state index in [1.165, 1.54) is 71.8 Å². The molecule has 2 nitrogen and oxygen atoms in total. The van der Waals surface area contributed by atoms with Gasteiger partial charge in [0.2, 0.25) is 0 Å². The lowest BCUT2D eigenvalue weighted by Gasteiger charge is -2.33. The quantitative estimate of drug-likeness (QED) is 0.172. The summed E-state index contributed by atoms with van der Waals surface area (Å²) in [5.74, 6) is 0. The Morgan fingerprint density at radius 3 is 1.65 bits per heavy atom. The summed E-state index contributed by atoms with van der Waals surface area (Å²) in [5, 5.41) is 6.88. The van der Waals surface area contributed by atoms with Crippen molar-refractivity contribution in [3.8, 4) is 44.5 Å². The van der Waals surface area contributed by atoms with Crippen LogP contribution in [0.3, 0.4) is 0 Å². The maximum Gasteiger partial charge on any atom is 0.143 e. The summed E-state index contributed by atoms with van der Waals surface area (Å²) in [4.78, 5) is 2.49. The molecule has 0 amide bonds. The third-order valence-corrected chi connectivity index (χ3v) is 14.3. The number of rotatable bonds is 5. The molecule has 0 bridgehead atoms. The molecule has 0 N–H and O–H groups in total. The van der Waals surface area contributed by atoms with E-state index in [9.17, 15) is 0 Å². The zero-order chi connectivity index (χ0) is 42.6. The average molecular weight is 826 g/mol. The monoisotopic (exact) mass is 825 g/mol. The molecule has 0 saturated heterocycles. The van der Waals surface area contributed by atoms with Gasteiger partial charge in [-0.15, -0.1) is 0 Å². The summed E-state index contributed by atoms with van der Waals surface area (Å²) in [7, 11) is 0. The number of furan rings is 1. The molecule has 2 heteroatoms. The van der Waals surface area contributed by atoms with Crippen molar-refractivity contribution in [2.24, 2.45) is 0 Å². The largest absolute Gasteiger partial charge is 0.455 e. The smallest absolute Gasteiger partial charge is 0.143 e. The van der Waals surface area contributed by atoms with Gasteiger partial charge in [-0.2, -0.15) is 0 Å². The Morgan fingerprint density at radius 2 is 0.908 bits per heavy atom. The molecule has 1 spiro atoms. The summed E-state index contributed by atoms with van der Waals surface area (Å²) in [6.45, 7) is 0. The number of benzene rings is 11. The Morgan fingerprint density at radius 1 is 0.323 bits per heavy atom. The summed E-state index contributed by atoms with van der Waals surface area (Å²) in [5.41, 5.74) is 19.6. The third kappa shape index (κ3) is 5.05. The van der Waals surface area contributed by atoms with Crippen LogP contribution in [0.5, 0.6) is 0 Å². The number of para-hydroxylation sites is 1. The standard InChI is InChI=1S/C63H39NO/c1-2-18-41(19-3-1)45-21-11-15-30-58(45)64(44-35-36-50-49-25-10-14-29-56(49)63(57(50)38-44)54-27-12-8-23-47(54)48-24-9-13-28-55(48)63)59-31-16-32-60-61(59)53-39-52(46-22-6-7-26-51(46)62(53)65-60)43-34-33-40-17-4-5-20-42(40)37-43/h1-39H. The molecule has 2 aliphatic rings. The lowest BCUT2D eigenvalue weighted by Crippen LogP contribution is -2.26. The molecular formula is C63H39NO. The number of nitrogens with zero attached hydrogens (tertiary/aromatic N) is 1. The van der Waals surface area contributed by atoms with Crippen LogP contribution >= 0.6 is 0 Å². The minimum Gasteiger partial charge on any atom is -0.455 e. The molecule has 2 aliphatic carbocycles. The molecule has 0 saturated carbocycles. The second-order valence-corrected chi connectivity index (χ2v) is 17.5. The van der Waals surface area contributed by atoms with Gasteiger partial charge in [0.25, 0.3) is 0 Å². The highest BCUT2D eigenvalue weighted by atomic mass is 16.3. The molecule has 302 valence electrons. The average Bonchev–Trinajstić information content (AvgIpc) is 4.01. The lowest BCUT2D eigenvalue weighted by molar-refractivity contribution is 0.672. The first-order valence-electron chi connectivity index (χ1n) is 22.5. The zero-order valence-electron chi connectivity index (χ0n) is 35.4. The Labute approximate surface area is 376 Å². The Bertz CT molecular complexity index is 3850. The first kappa shape index (κ1) is 36.1. The fourth-order valence-electron chi connectivity index (χ4n) is 11.6. The van der Waals surface area contributed by atoms with E-state index in [0.717, 1.165) is 55.5 Å². The van der Waals surface area contributed by atoms with Crippen LogP contribution in [-0.4, -0.2) is 0 Å². The fraction of sp³-hybridized carbons (Fsp3) is 0.0159. The van der Waals surface area contributed by atoms with E-state index in [1.54, 1.807) is 0 Å². The van der Waals surface area contributed by atoms with E-state index >= 15 is 0 Å². The normalized spacial score (nSPS) is 13.0. The number of hydrogen-bond donors (Lipinski definition) is 0. The fourth-order valence-corrected chi connectivity index (χ4v) is 11.6. The van der Waals surface area contributed by atoms with Gasteiger partial charge < -0.3 is 9.32 Å². The SMILES string of the molecule is c1ccc(-c2ccccc2N(c2ccc3c(c2)C2(c4ccccc4-c4ccccc42)c2ccccc2-3)c2cccc3oc4c5ccccc5c(-c5ccc6ccccc6c5)cc4c23)cc1. The van der Waals surface area contributed by atoms with Crippen LogP contribution in [0.4, 0.5) is 17.1 Å². The summed E-state index contributed by atoms with van der Waals surface area (Å²) < 4.78 is 7.05. The van der Waals surface area contributed by atoms with E-state index in [0.29, 0.717) is 0 Å². The van der Waals surface area contributed by atoms with Crippen LogP contribution < -0.4 is 4.90 Å². The highest BCUT2D eigenvalue weighted by Crippen LogP contribution is 2.63. The Kier molecular flexibility index (Phi) is 7.64. The van der Waals surface area contributed by atoms with Crippen molar-refractivity contribution in [3.05, 3.63) is 259 Å². The molecule has 0 aliphatic heterocycles. The molecule has 65 heavy (non-hydrogen) atoms. The summed E-state index contributed by atoms with van der Waals surface area (Å²) in [6, 6.07) is 87.1. The molecule has 12 aromatic rings. The van der Waals surface area contributed by atoms with Crippen molar-refractivity contribution >= 4 is 60.5 Å². The van der Waals surface area contributed by atoms with Gasteiger partial charge in [0.15, 0.2) is 0 Å². The van der Waals surface area contributed by atoms with Crippen molar-refractivity contribution in [2.75, 3.05) is 4.90 Å². The summed E-state index contributed by atoms with van der Waals surface area (Å²) >= 11 is 0. The van der Waals surface area contributed by atoms with Crippen LogP contribution in [0.15, 0.2) is 241 Å². The van der Waals surface area contributed by atoms with Crippen molar-refractivity contribution in [2.45, 2.75) is 5.41 Å². The highest BCUT2D eigenvalue weighted by Gasteiger charge is 2.51. The summed E-state index contributed by atoms with van der Waals surface area (Å²) in [6.07, 6.45) is 0. The van der Waals surface area contributed by atoms with Gasteiger partial charge in [-0.05, 0) is 120 Å². The van der Waals surface area contributed by atoms with Gasteiger partial charge in [0.05, 0.1) is 22.2 Å². The lowest BCUT2D eigenvalue weighted by atomic mass is 9.70. The second-order valence-electron chi connectivity index (χ2n) is 17.5. The molecule has 1 heterocycles. The first-order valence-corrected chi connectivity index (χ1v) is 22.5. The predicted molar refractivity (Wildman–Crippen MR) is 271 cm³/mol. The van der Waals surface area contributed by atoms with Gasteiger partial charge in [-0.25, -0.2) is 0 Å². The van der Waals surface area contributed by atoms with Gasteiger partial charge in [-0.3, -0.25) is 0 Å². The van der Waals surface area contributed by atoms with Crippen LogP contribution in [0.2, 0.25) is 0 Å².